The van der Waals surface area contributed by atoms with Gasteiger partial charge in [-0.2, -0.15) is 13.2 Å². The lowest BCUT2D eigenvalue weighted by Gasteiger charge is -2.42. The maximum absolute atomic E-state index is 14.4. The van der Waals surface area contributed by atoms with Crippen LogP contribution in [0.2, 0.25) is 0 Å². The first kappa shape index (κ1) is 28.6. The van der Waals surface area contributed by atoms with Crippen LogP contribution in [0.4, 0.5) is 24.8 Å². The number of aromatic nitrogens is 4. The molecule has 2 saturated heterocycles. The zero-order chi connectivity index (χ0) is 29.6. The van der Waals surface area contributed by atoms with Crippen LogP contribution < -0.4 is 10.2 Å². The van der Waals surface area contributed by atoms with Gasteiger partial charge in [0.2, 0.25) is 0 Å². The zero-order valence-corrected chi connectivity index (χ0v) is 24.2. The van der Waals surface area contributed by atoms with Gasteiger partial charge in [0.05, 0.1) is 25.3 Å². The molecule has 0 radical (unpaired) electrons. The number of carbonyl (C=O) groups excluding carboxylic acids is 1. The third kappa shape index (κ3) is 5.37. The number of fused-ring (bicyclic) bond motifs is 1. The summed E-state index contributed by atoms with van der Waals surface area (Å²) in [6, 6.07) is 6.62. The Hall–Kier alpha value is -3.51. The molecule has 1 N–H and O–H groups in total. The summed E-state index contributed by atoms with van der Waals surface area (Å²) in [6.45, 7) is 7.44. The second-order valence-electron chi connectivity index (χ2n) is 12.0. The summed E-state index contributed by atoms with van der Waals surface area (Å²) in [5, 5.41) is 11.5. The molecule has 224 valence electrons. The van der Waals surface area contributed by atoms with Gasteiger partial charge in [-0.15, -0.1) is 10.2 Å². The minimum Gasteiger partial charge on any atom is -0.379 e. The standard InChI is InChI=1S/C30H36F3N7O2/c1-4-34-25-10-21(29(16-42-17-29)12-27-37-35-18-38(27)3)11-26(36-25)40-15-23-22(28(40)41)8-20(9-24(23)30(31,32)33)14-39-7-5-6-19(2)13-39/h8-11,18-19H,4-7,12-17H2,1-3H3,(H,34,36)/t19-/m0/s1. The lowest BCUT2D eigenvalue weighted by atomic mass is 9.75. The second kappa shape index (κ2) is 11.0. The lowest BCUT2D eigenvalue weighted by Crippen LogP contribution is -2.49. The van der Waals surface area contributed by atoms with E-state index in [2.05, 4.69) is 32.3 Å². The number of nitrogens with one attached hydrogen (secondary N) is 1. The van der Waals surface area contributed by atoms with Gasteiger partial charge in [-0.3, -0.25) is 14.6 Å². The third-order valence-electron chi connectivity index (χ3n) is 8.67. The Kier molecular flexibility index (Phi) is 7.46. The highest BCUT2D eigenvalue weighted by Crippen LogP contribution is 2.42. The molecule has 42 heavy (non-hydrogen) atoms. The van der Waals surface area contributed by atoms with E-state index in [0.29, 0.717) is 55.8 Å². The van der Waals surface area contributed by atoms with Crippen molar-refractivity contribution in [3.63, 3.8) is 0 Å². The quantitative estimate of drug-likeness (QED) is 0.416. The van der Waals surface area contributed by atoms with E-state index < -0.39 is 23.1 Å². The summed E-state index contributed by atoms with van der Waals surface area (Å²) < 4.78 is 50.6. The highest BCUT2D eigenvalue weighted by atomic mass is 19.4. The maximum atomic E-state index is 14.4. The molecular weight excluding hydrogens is 547 g/mol. The number of alkyl halides is 3. The number of piperidine rings is 1. The molecule has 3 aliphatic heterocycles. The van der Waals surface area contributed by atoms with E-state index in [0.717, 1.165) is 37.3 Å². The maximum Gasteiger partial charge on any atom is 0.416 e. The average molecular weight is 584 g/mol. The van der Waals surface area contributed by atoms with Crippen molar-refractivity contribution < 1.29 is 22.7 Å². The van der Waals surface area contributed by atoms with Crippen molar-refractivity contribution in [2.45, 2.75) is 57.8 Å². The van der Waals surface area contributed by atoms with E-state index in [9.17, 15) is 18.0 Å². The molecule has 0 spiro atoms. The number of nitrogens with zero attached hydrogens (tertiary/aromatic N) is 6. The Balaban J connectivity index is 1.36. The number of benzene rings is 1. The Bertz CT molecular complexity index is 1480. The van der Waals surface area contributed by atoms with Crippen LogP contribution in [-0.2, 0) is 42.9 Å². The van der Waals surface area contributed by atoms with Crippen LogP contribution in [0, 0.1) is 5.92 Å². The second-order valence-corrected chi connectivity index (χ2v) is 12.0. The largest absolute Gasteiger partial charge is 0.416 e. The number of carbonyl (C=O) groups is 1. The molecule has 2 fully saturated rings. The smallest absolute Gasteiger partial charge is 0.379 e. The molecule has 0 bridgehead atoms. The predicted octanol–water partition coefficient (Wildman–Crippen LogP) is 4.56. The number of hydrogen-bond donors (Lipinski definition) is 1. The molecule has 0 unspecified atom stereocenters. The number of halogens is 3. The lowest BCUT2D eigenvalue weighted by molar-refractivity contribution is -0.138. The summed E-state index contributed by atoms with van der Waals surface area (Å²) in [4.78, 5) is 22.0. The molecule has 12 heteroatoms. The number of hydrogen-bond acceptors (Lipinski definition) is 7. The van der Waals surface area contributed by atoms with Gasteiger partial charge in [-0.25, -0.2) is 4.98 Å². The molecule has 0 saturated carbocycles. The Labute approximate surface area is 243 Å². The number of ether oxygens (including phenoxy) is 1. The summed E-state index contributed by atoms with van der Waals surface area (Å²) >= 11 is 0. The third-order valence-corrected chi connectivity index (χ3v) is 8.67. The van der Waals surface area contributed by atoms with Crippen LogP contribution in [0.15, 0.2) is 30.6 Å². The molecule has 9 nitrogen and oxygen atoms in total. The average Bonchev–Trinajstić information content (AvgIpc) is 3.47. The molecule has 1 atom stereocenters. The van der Waals surface area contributed by atoms with Gasteiger partial charge in [0.25, 0.3) is 5.91 Å². The van der Waals surface area contributed by atoms with Crippen molar-refractivity contribution in [1.29, 1.82) is 0 Å². The van der Waals surface area contributed by atoms with Gasteiger partial charge in [0.1, 0.15) is 23.8 Å². The topological polar surface area (TPSA) is 88.4 Å². The van der Waals surface area contributed by atoms with Crippen LogP contribution in [0.5, 0.6) is 0 Å². The van der Waals surface area contributed by atoms with Crippen molar-refractivity contribution in [2.24, 2.45) is 13.0 Å². The van der Waals surface area contributed by atoms with Gasteiger partial charge in [0.15, 0.2) is 0 Å². The highest BCUT2D eigenvalue weighted by molar-refractivity contribution is 6.10. The molecule has 0 aliphatic carbocycles. The molecule has 1 amide bonds. The van der Waals surface area contributed by atoms with Crippen LogP contribution in [0.3, 0.4) is 0 Å². The van der Waals surface area contributed by atoms with Crippen LogP contribution in [0.1, 0.15) is 65.1 Å². The van der Waals surface area contributed by atoms with E-state index in [1.165, 1.54) is 11.0 Å². The normalized spacial score (nSPS) is 20.5. The Morgan fingerprint density at radius 2 is 2.00 bits per heavy atom. The van der Waals surface area contributed by atoms with Crippen LogP contribution in [-0.4, -0.2) is 63.4 Å². The first-order valence-electron chi connectivity index (χ1n) is 14.5. The van der Waals surface area contributed by atoms with Gasteiger partial charge < -0.3 is 14.6 Å². The SMILES string of the molecule is CCNc1cc(C2(Cc3nncn3C)COC2)cc(N2Cc3c(cc(CN4CCC[C@H](C)C4)cc3C(F)(F)F)C2=O)n1. The fourth-order valence-corrected chi connectivity index (χ4v) is 6.41. The van der Waals surface area contributed by atoms with Crippen molar-refractivity contribution in [2.75, 3.05) is 43.1 Å². The summed E-state index contributed by atoms with van der Waals surface area (Å²) in [5.41, 5.74) is 0.329. The number of anilines is 2. The fourth-order valence-electron chi connectivity index (χ4n) is 6.41. The number of aryl methyl sites for hydroxylation is 1. The number of likely N-dealkylation sites (tertiary alicyclic amines) is 1. The van der Waals surface area contributed by atoms with Crippen molar-refractivity contribution in [3.8, 4) is 0 Å². The monoisotopic (exact) mass is 583 g/mol. The molecule has 3 aromatic rings. The van der Waals surface area contributed by atoms with Gasteiger partial charge in [0, 0.05) is 44.1 Å². The van der Waals surface area contributed by atoms with E-state index in [-0.39, 0.29) is 17.7 Å². The first-order valence-corrected chi connectivity index (χ1v) is 14.5. The molecule has 6 rings (SSSR count). The highest BCUT2D eigenvalue weighted by Gasteiger charge is 2.44. The molecule has 3 aliphatic rings. The van der Waals surface area contributed by atoms with Crippen molar-refractivity contribution in [3.05, 3.63) is 64.2 Å². The molecule has 1 aromatic carbocycles. The molecule has 2 aromatic heterocycles. The van der Waals surface area contributed by atoms with E-state index in [1.54, 1.807) is 12.4 Å². The number of amides is 1. The number of rotatable bonds is 8. The molecule has 5 heterocycles. The first-order chi connectivity index (χ1) is 20.1. The van der Waals surface area contributed by atoms with E-state index in [1.807, 2.05) is 30.7 Å². The van der Waals surface area contributed by atoms with Crippen molar-refractivity contribution >= 4 is 17.5 Å². The van der Waals surface area contributed by atoms with Crippen molar-refractivity contribution in [1.82, 2.24) is 24.6 Å². The number of pyridine rings is 1. The van der Waals surface area contributed by atoms with Gasteiger partial charge in [-0.05, 0) is 73.2 Å². The minimum atomic E-state index is -4.58. The summed E-state index contributed by atoms with van der Waals surface area (Å²) in [7, 11) is 1.88. The molecular formula is C30H36F3N7O2. The van der Waals surface area contributed by atoms with E-state index in [4.69, 9.17) is 4.74 Å². The Morgan fingerprint density at radius 3 is 2.64 bits per heavy atom. The zero-order valence-electron chi connectivity index (χ0n) is 24.2. The van der Waals surface area contributed by atoms with E-state index >= 15 is 0 Å². The summed E-state index contributed by atoms with van der Waals surface area (Å²) in [5.74, 6) is 1.68. The Morgan fingerprint density at radius 1 is 1.19 bits per heavy atom. The predicted molar refractivity (Wildman–Crippen MR) is 151 cm³/mol. The van der Waals surface area contributed by atoms with Gasteiger partial charge in [-0.1, -0.05) is 6.92 Å². The minimum absolute atomic E-state index is 0.00115. The van der Waals surface area contributed by atoms with Crippen LogP contribution >= 0.6 is 0 Å². The van der Waals surface area contributed by atoms with Gasteiger partial charge >= 0.3 is 6.18 Å². The summed E-state index contributed by atoms with van der Waals surface area (Å²) in [6.07, 6.45) is -0.245. The van der Waals surface area contributed by atoms with Crippen LogP contribution in [0.25, 0.3) is 0 Å². The fraction of sp³-hybridized carbons (Fsp3) is 0.533.